The van der Waals surface area contributed by atoms with Gasteiger partial charge in [-0.25, -0.2) is 13.9 Å². The molecule has 2 aromatic carbocycles. The van der Waals surface area contributed by atoms with Crippen molar-refractivity contribution in [1.29, 1.82) is 0 Å². The Bertz CT molecular complexity index is 1260. The number of benzene rings is 2. The molecule has 2 N–H and O–H groups in total. The highest BCUT2D eigenvalue weighted by Crippen LogP contribution is 2.39. The minimum atomic E-state index is -4.04. The zero-order valence-electron chi connectivity index (χ0n) is 19.5. The van der Waals surface area contributed by atoms with E-state index in [4.69, 9.17) is 9.47 Å². The van der Waals surface area contributed by atoms with E-state index in [1.165, 1.54) is 23.5 Å². The van der Waals surface area contributed by atoms with Crippen molar-refractivity contribution in [3.05, 3.63) is 76.0 Å². The number of hydroxylamine groups is 1. The third-order valence-electron chi connectivity index (χ3n) is 6.38. The highest BCUT2D eigenvalue weighted by Gasteiger charge is 2.44. The number of ether oxygens (including phenoxy) is 2. The number of hydrogen-bond donors (Lipinski definition) is 2. The molecule has 2 heterocycles. The van der Waals surface area contributed by atoms with Crippen LogP contribution in [0.5, 0.6) is 11.5 Å². The molecule has 1 aliphatic rings. The van der Waals surface area contributed by atoms with Crippen LogP contribution in [0.15, 0.2) is 64.9 Å². The van der Waals surface area contributed by atoms with Crippen LogP contribution in [0.25, 0.3) is 0 Å². The van der Waals surface area contributed by atoms with Gasteiger partial charge in [0.1, 0.15) is 17.5 Å². The largest absolute Gasteiger partial charge is 0.497 e. The third kappa shape index (κ3) is 5.20. The van der Waals surface area contributed by atoms with Gasteiger partial charge in [0.05, 0.1) is 19.1 Å². The van der Waals surface area contributed by atoms with Crippen molar-refractivity contribution >= 4 is 27.3 Å². The lowest BCUT2D eigenvalue weighted by Gasteiger charge is -2.33. The van der Waals surface area contributed by atoms with Gasteiger partial charge in [-0.15, -0.1) is 11.3 Å². The SMILES string of the molecule is COc1ccc(CC[C@H]2c3ccsc3CCN(S(=O)(=O)c3ccc(OC)cc3)[C@@H]2C(=O)NO)cc1. The first kappa shape index (κ1) is 25.2. The smallest absolute Gasteiger partial charge is 0.262 e. The van der Waals surface area contributed by atoms with E-state index in [9.17, 15) is 18.4 Å². The van der Waals surface area contributed by atoms with E-state index in [0.29, 0.717) is 25.0 Å². The molecule has 0 saturated heterocycles. The van der Waals surface area contributed by atoms with Gasteiger partial charge in [0.2, 0.25) is 10.0 Å². The van der Waals surface area contributed by atoms with Crippen molar-refractivity contribution < 1.29 is 27.9 Å². The molecule has 1 aromatic heterocycles. The molecule has 35 heavy (non-hydrogen) atoms. The summed E-state index contributed by atoms with van der Waals surface area (Å²) in [5.74, 6) is 0.0866. The summed E-state index contributed by atoms with van der Waals surface area (Å²) in [6, 6.07) is 14.6. The highest BCUT2D eigenvalue weighted by atomic mass is 32.2. The number of rotatable bonds is 8. The second kappa shape index (κ2) is 10.8. The first-order chi connectivity index (χ1) is 16.9. The Labute approximate surface area is 209 Å². The van der Waals surface area contributed by atoms with Crippen LogP contribution in [-0.2, 0) is 27.7 Å². The summed E-state index contributed by atoms with van der Waals surface area (Å²) in [6.45, 7) is 0.124. The van der Waals surface area contributed by atoms with Crippen LogP contribution >= 0.6 is 11.3 Å². The molecule has 0 radical (unpaired) electrons. The number of thiophene rings is 1. The molecule has 3 aromatic rings. The number of nitrogens with zero attached hydrogens (tertiary/aromatic N) is 1. The van der Waals surface area contributed by atoms with Gasteiger partial charge in [-0.1, -0.05) is 12.1 Å². The number of hydrogen-bond acceptors (Lipinski definition) is 7. The van der Waals surface area contributed by atoms with Gasteiger partial charge in [0, 0.05) is 17.3 Å². The second-order valence-corrected chi connectivity index (χ2v) is 11.1. The maximum atomic E-state index is 13.7. The fourth-order valence-corrected chi connectivity index (χ4v) is 7.13. The number of sulfonamides is 1. The van der Waals surface area contributed by atoms with Crippen LogP contribution in [0.4, 0.5) is 0 Å². The van der Waals surface area contributed by atoms with E-state index in [0.717, 1.165) is 21.8 Å². The van der Waals surface area contributed by atoms with E-state index in [1.54, 1.807) is 36.1 Å². The van der Waals surface area contributed by atoms with E-state index in [1.807, 2.05) is 35.7 Å². The van der Waals surface area contributed by atoms with Crippen molar-refractivity contribution in [2.45, 2.75) is 36.1 Å². The molecule has 0 bridgehead atoms. The number of aryl methyl sites for hydroxylation is 1. The summed E-state index contributed by atoms with van der Waals surface area (Å²) in [4.78, 5) is 14.2. The number of carbonyl (C=O) groups excluding carboxylic acids is 1. The molecule has 8 nitrogen and oxygen atoms in total. The third-order valence-corrected chi connectivity index (χ3v) is 9.27. The minimum absolute atomic E-state index is 0.0631. The lowest BCUT2D eigenvalue weighted by atomic mass is 9.86. The highest BCUT2D eigenvalue weighted by molar-refractivity contribution is 7.89. The Kier molecular flexibility index (Phi) is 7.75. The predicted molar refractivity (Wildman–Crippen MR) is 133 cm³/mol. The molecule has 0 unspecified atom stereocenters. The van der Waals surface area contributed by atoms with E-state index >= 15 is 0 Å². The second-order valence-electron chi connectivity index (χ2n) is 8.25. The molecule has 10 heteroatoms. The molecular formula is C25H28N2O6S2. The van der Waals surface area contributed by atoms with Gasteiger partial charge in [-0.05, 0) is 78.2 Å². The van der Waals surface area contributed by atoms with Crippen molar-refractivity contribution in [3.63, 3.8) is 0 Å². The summed E-state index contributed by atoms with van der Waals surface area (Å²) in [7, 11) is -0.930. The van der Waals surface area contributed by atoms with Gasteiger partial charge in [-0.3, -0.25) is 10.0 Å². The van der Waals surface area contributed by atoms with E-state index in [2.05, 4.69) is 0 Å². The van der Waals surface area contributed by atoms with Crippen LogP contribution in [0.3, 0.4) is 0 Å². The standard InChI is InChI=1S/C25H28N2O6S2/c1-32-18-6-3-17(4-7-18)5-12-22-21-14-16-34-23(21)13-15-27(24(22)25(28)26-29)35(30,31)20-10-8-19(33-2)9-11-20/h3-4,6-11,14,16,22,24,29H,5,12-13,15H2,1-2H3,(H,26,28)/t22-,24-/m0/s1. The first-order valence-electron chi connectivity index (χ1n) is 11.2. The van der Waals surface area contributed by atoms with E-state index in [-0.39, 0.29) is 11.4 Å². The monoisotopic (exact) mass is 516 g/mol. The predicted octanol–water partition coefficient (Wildman–Crippen LogP) is 3.60. The lowest BCUT2D eigenvalue weighted by Crippen LogP contribution is -2.51. The van der Waals surface area contributed by atoms with Gasteiger partial charge in [-0.2, -0.15) is 4.31 Å². The number of fused-ring (bicyclic) bond motifs is 1. The summed E-state index contributed by atoms with van der Waals surface area (Å²) in [6.07, 6.45) is 1.62. The molecule has 4 rings (SSSR count). The van der Waals surface area contributed by atoms with Gasteiger partial charge in [0.15, 0.2) is 0 Å². The maximum absolute atomic E-state index is 13.7. The molecule has 0 saturated carbocycles. The van der Waals surface area contributed by atoms with Crippen LogP contribution in [0.2, 0.25) is 0 Å². The summed E-state index contributed by atoms with van der Waals surface area (Å²) in [5, 5.41) is 11.6. The molecule has 2 atom stereocenters. The lowest BCUT2D eigenvalue weighted by molar-refractivity contribution is -0.134. The number of methoxy groups -OCH3 is 2. The maximum Gasteiger partial charge on any atom is 0.262 e. The van der Waals surface area contributed by atoms with Crippen LogP contribution in [0, 0.1) is 0 Å². The molecule has 1 aliphatic heterocycles. The summed E-state index contributed by atoms with van der Waals surface area (Å²) >= 11 is 1.56. The van der Waals surface area contributed by atoms with Crippen molar-refractivity contribution in [2.75, 3.05) is 20.8 Å². The van der Waals surface area contributed by atoms with Crippen molar-refractivity contribution in [1.82, 2.24) is 9.79 Å². The Morgan fingerprint density at radius 1 is 1.06 bits per heavy atom. The minimum Gasteiger partial charge on any atom is -0.497 e. The Balaban J connectivity index is 1.72. The fourth-order valence-electron chi connectivity index (χ4n) is 4.57. The fraction of sp³-hybridized carbons (Fsp3) is 0.320. The topological polar surface area (TPSA) is 105 Å². The average Bonchev–Trinajstić information content (AvgIpc) is 3.29. The number of carbonyl (C=O) groups is 1. The molecule has 0 fully saturated rings. The van der Waals surface area contributed by atoms with Gasteiger partial charge in [0.25, 0.3) is 5.91 Å². The Morgan fingerprint density at radius 3 is 2.29 bits per heavy atom. The van der Waals surface area contributed by atoms with Gasteiger partial charge < -0.3 is 9.47 Å². The van der Waals surface area contributed by atoms with Crippen molar-refractivity contribution in [2.24, 2.45) is 0 Å². The van der Waals surface area contributed by atoms with Crippen LogP contribution < -0.4 is 15.0 Å². The average molecular weight is 517 g/mol. The van der Waals surface area contributed by atoms with Crippen LogP contribution in [-0.4, -0.2) is 50.6 Å². The molecular weight excluding hydrogens is 488 g/mol. The van der Waals surface area contributed by atoms with Crippen LogP contribution in [0.1, 0.15) is 28.3 Å². The van der Waals surface area contributed by atoms with Gasteiger partial charge >= 0.3 is 0 Å². The first-order valence-corrected chi connectivity index (χ1v) is 13.5. The Morgan fingerprint density at radius 2 is 1.69 bits per heavy atom. The molecule has 0 spiro atoms. The number of amides is 1. The molecule has 186 valence electrons. The zero-order valence-corrected chi connectivity index (χ0v) is 21.1. The quantitative estimate of drug-likeness (QED) is 0.350. The Hall–Kier alpha value is -2.92. The molecule has 1 amide bonds. The van der Waals surface area contributed by atoms with Crippen molar-refractivity contribution in [3.8, 4) is 11.5 Å². The zero-order chi connectivity index (χ0) is 25.0. The summed E-state index contributed by atoms with van der Waals surface area (Å²) < 4.78 is 39.1. The van der Waals surface area contributed by atoms with E-state index < -0.39 is 27.9 Å². The molecule has 0 aliphatic carbocycles. The normalized spacial score (nSPS) is 18.4. The number of nitrogens with one attached hydrogen (secondary N) is 1. The summed E-state index contributed by atoms with van der Waals surface area (Å²) in [5.41, 5.74) is 3.71.